The first-order chi connectivity index (χ1) is 16.4. The minimum absolute atomic E-state index is 0.0263. The van der Waals surface area contributed by atoms with Crippen LogP contribution in [0.15, 0.2) is 36.4 Å². The van der Waals surface area contributed by atoms with Gasteiger partial charge in [-0.3, -0.25) is 4.79 Å². The third kappa shape index (κ3) is 5.23. The Morgan fingerprint density at radius 3 is 2.40 bits per heavy atom. The summed E-state index contributed by atoms with van der Waals surface area (Å²) in [7, 11) is 1.54. The lowest BCUT2D eigenvalue weighted by molar-refractivity contribution is -0.138. The molecule has 2 amide bonds. The maximum Gasteiger partial charge on any atom is 0.416 e. The molecule has 1 fully saturated rings. The zero-order chi connectivity index (χ0) is 25.5. The Morgan fingerprint density at radius 1 is 1.11 bits per heavy atom. The number of amides is 2. The molecule has 0 radical (unpaired) electrons. The lowest BCUT2D eigenvalue weighted by Gasteiger charge is -2.29. The van der Waals surface area contributed by atoms with Gasteiger partial charge < -0.3 is 19.3 Å². The Kier molecular flexibility index (Phi) is 6.46. The minimum Gasteiger partial charge on any atom is -0.497 e. The van der Waals surface area contributed by atoms with Crippen molar-refractivity contribution in [2.24, 2.45) is 0 Å². The van der Waals surface area contributed by atoms with E-state index in [1.165, 1.54) is 15.9 Å². The first kappa shape index (κ1) is 24.9. The molecule has 0 saturated carbocycles. The van der Waals surface area contributed by atoms with E-state index in [0.29, 0.717) is 30.7 Å². The fourth-order valence-corrected chi connectivity index (χ4v) is 4.67. The van der Waals surface area contributed by atoms with Crippen LogP contribution in [0.2, 0.25) is 0 Å². The molecule has 0 N–H and O–H groups in total. The van der Waals surface area contributed by atoms with Crippen LogP contribution in [0.25, 0.3) is 0 Å². The fourth-order valence-electron chi connectivity index (χ4n) is 4.67. The Bertz CT molecular complexity index is 1120. The minimum atomic E-state index is -4.63. The molecule has 2 heterocycles. The highest BCUT2D eigenvalue weighted by molar-refractivity contribution is 5.99. The first-order valence-corrected chi connectivity index (χ1v) is 11.5. The normalized spacial score (nSPS) is 18.1. The maximum atomic E-state index is 14.1. The number of benzene rings is 2. The molecule has 9 heteroatoms. The summed E-state index contributed by atoms with van der Waals surface area (Å²) in [6.45, 7) is 5.65. The van der Waals surface area contributed by atoms with Crippen LogP contribution in [0.3, 0.4) is 0 Å². The van der Waals surface area contributed by atoms with E-state index in [2.05, 4.69) is 0 Å². The molecule has 2 aliphatic rings. The molecular formula is C26H29F3N2O4. The number of carbonyl (C=O) groups is 2. The van der Waals surface area contributed by atoms with Crippen LogP contribution in [0.1, 0.15) is 72.3 Å². The third-order valence-electron chi connectivity index (χ3n) is 6.24. The average molecular weight is 491 g/mol. The largest absolute Gasteiger partial charge is 0.497 e. The Morgan fingerprint density at radius 2 is 1.80 bits per heavy atom. The topological polar surface area (TPSA) is 59.1 Å². The maximum absolute atomic E-state index is 14.1. The van der Waals surface area contributed by atoms with Gasteiger partial charge in [-0.05, 0) is 74.6 Å². The van der Waals surface area contributed by atoms with E-state index < -0.39 is 35.4 Å². The highest BCUT2D eigenvalue weighted by Crippen LogP contribution is 2.42. The van der Waals surface area contributed by atoms with Gasteiger partial charge in [-0.25, -0.2) is 4.79 Å². The van der Waals surface area contributed by atoms with Crippen LogP contribution >= 0.6 is 0 Å². The standard InChI is InChI=1S/C26H29F3N2O4/c1-25(2,3)35-24(33)31-11-5-6-22(31)17-12-19-20(21(13-17)26(27,28)29)15-30(23(19)32)14-16-7-9-18(34-4)10-8-16/h7-10,12-13,22H,5-6,11,14-15H2,1-4H3. The van der Waals surface area contributed by atoms with Gasteiger partial charge in [-0.15, -0.1) is 0 Å². The summed E-state index contributed by atoms with van der Waals surface area (Å²) in [5.41, 5.74) is -0.448. The Labute approximate surface area is 202 Å². The smallest absolute Gasteiger partial charge is 0.416 e. The van der Waals surface area contributed by atoms with Crippen molar-refractivity contribution in [2.45, 2.75) is 64.5 Å². The number of alkyl halides is 3. The van der Waals surface area contributed by atoms with E-state index in [9.17, 15) is 22.8 Å². The van der Waals surface area contributed by atoms with Crippen molar-refractivity contribution in [3.05, 3.63) is 64.2 Å². The van der Waals surface area contributed by atoms with Crippen LogP contribution in [0, 0.1) is 0 Å². The van der Waals surface area contributed by atoms with E-state index >= 15 is 0 Å². The second kappa shape index (κ2) is 9.09. The number of fused-ring (bicyclic) bond motifs is 1. The van der Waals surface area contributed by atoms with E-state index in [4.69, 9.17) is 9.47 Å². The second-order valence-electron chi connectivity index (χ2n) is 9.93. The summed E-state index contributed by atoms with van der Waals surface area (Å²) in [5.74, 6) is 0.199. The number of halogens is 3. The number of nitrogens with zero attached hydrogens (tertiary/aromatic N) is 2. The monoisotopic (exact) mass is 490 g/mol. The molecule has 2 aromatic carbocycles. The van der Waals surface area contributed by atoms with E-state index in [0.717, 1.165) is 11.6 Å². The number of carbonyl (C=O) groups excluding carboxylic acids is 2. The molecule has 188 valence electrons. The van der Waals surface area contributed by atoms with Crippen LogP contribution < -0.4 is 4.74 Å². The molecule has 1 saturated heterocycles. The van der Waals surface area contributed by atoms with Gasteiger partial charge in [0.1, 0.15) is 11.4 Å². The zero-order valence-electron chi connectivity index (χ0n) is 20.2. The molecule has 2 aliphatic heterocycles. The SMILES string of the molecule is COc1ccc(CN2Cc3c(cc(C4CCCN4C(=O)OC(C)(C)C)cc3C(F)(F)F)C2=O)cc1. The van der Waals surface area contributed by atoms with Gasteiger partial charge in [0.05, 0.1) is 18.7 Å². The molecule has 1 unspecified atom stereocenters. The summed E-state index contributed by atoms with van der Waals surface area (Å²) in [6, 6.07) is 9.08. The summed E-state index contributed by atoms with van der Waals surface area (Å²) in [5, 5.41) is 0. The van der Waals surface area contributed by atoms with Crippen molar-refractivity contribution in [1.29, 1.82) is 0 Å². The van der Waals surface area contributed by atoms with E-state index in [-0.39, 0.29) is 24.2 Å². The molecule has 35 heavy (non-hydrogen) atoms. The average Bonchev–Trinajstić information content (AvgIpc) is 3.37. The first-order valence-electron chi connectivity index (χ1n) is 11.5. The van der Waals surface area contributed by atoms with E-state index in [1.807, 2.05) is 0 Å². The Balaban J connectivity index is 1.66. The van der Waals surface area contributed by atoms with E-state index in [1.54, 1.807) is 52.1 Å². The predicted octanol–water partition coefficient (Wildman–Crippen LogP) is 5.94. The summed E-state index contributed by atoms with van der Waals surface area (Å²) >= 11 is 0. The molecule has 0 bridgehead atoms. The lowest BCUT2D eigenvalue weighted by Crippen LogP contribution is -2.36. The lowest BCUT2D eigenvalue weighted by atomic mass is 9.94. The van der Waals surface area contributed by atoms with Gasteiger partial charge in [0, 0.05) is 25.2 Å². The number of methoxy groups -OCH3 is 1. The quantitative estimate of drug-likeness (QED) is 0.532. The number of rotatable bonds is 4. The van der Waals surface area contributed by atoms with Gasteiger partial charge in [-0.1, -0.05) is 12.1 Å². The van der Waals surface area contributed by atoms with Crippen molar-refractivity contribution < 1.29 is 32.2 Å². The van der Waals surface area contributed by atoms with Crippen LogP contribution in [0.5, 0.6) is 5.75 Å². The molecule has 4 rings (SSSR count). The van der Waals surface area contributed by atoms with Gasteiger partial charge in [0.15, 0.2) is 0 Å². The van der Waals surface area contributed by atoms with Crippen molar-refractivity contribution in [2.75, 3.05) is 13.7 Å². The zero-order valence-corrected chi connectivity index (χ0v) is 20.2. The summed E-state index contributed by atoms with van der Waals surface area (Å²) in [6.07, 6.45) is -4.06. The fraction of sp³-hybridized carbons (Fsp3) is 0.462. The predicted molar refractivity (Wildman–Crippen MR) is 123 cm³/mol. The number of hydrogen-bond acceptors (Lipinski definition) is 4. The van der Waals surface area contributed by atoms with Crippen molar-refractivity contribution >= 4 is 12.0 Å². The van der Waals surface area contributed by atoms with Crippen molar-refractivity contribution in [3.8, 4) is 5.75 Å². The highest BCUT2D eigenvalue weighted by Gasteiger charge is 2.42. The van der Waals surface area contributed by atoms with Crippen molar-refractivity contribution in [3.63, 3.8) is 0 Å². The molecule has 0 aromatic heterocycles. The second-order valence-corrected chi connectivity index (χ2v) is 9.93. The third-order valence-corrected chi connectivity index (χ3v) is 6.24. The molecule has 1 atom stereocenters. The molecular weight excluding hydrogens is 461 g/mol. The molecule has 0 spiro atoms. The number of hydrogen-bond donors (Lipinski definition) is 0. The number of likely N-dealkylation sites (tertiary alicyclic amines) is 1. The van der Waals surface area contributed by atoms with Crippen LogP contribution in [-0.4, -0.2) is 41.1 Å². The van der Waals surface area contributed by atoms with Crippen molar-refractivity contribution in [1.82, 2.24) is 9.80 Å². The molecule has 0 aliphatic carbocycles. The van der Waals surface area contributed by atoms with Gasteiger partial charge >= 0.3 is 12.3 Å². The Hall–Kier alpha value is -3.23. The van der Waals surface area contributed by atoms with Crippen LogP contribution in [-0.2, 0) is 24.0 Å². The summed E-state index contributed by atoms with van der Waals surface area (Å²) in [4.78, 5) is 28.8. The van der Waals surface area contributed by atoms with Gasteiger partial charge in [0.25, 0.3) is 5.91 Å². The van der Waals surface area contributed by atoms with Gasteiger partial charge in [0.2, 0.25) is 0 Å². The summed E-state index contributed by atoms with van der Waals surface area (Å²) < 4.78 is 52.9. The molecule has 2 aromatic rings. The number of ether oxygens (including phenoxy) is 2. The molecule has 6 nitrogen and oxygen atoms in total. The van der Waals surface area contributed by atoms with Gasteiger partial charge in [-0.2, -0.15) is 13.2 Å². The highest BCUT2D eigenvalue weighted by atomic mass is 19.4. The van der Waals surface area contributed by atoms with Crippen LogP contribution in [0.4, 0.5) is 18.0 Å².